The maximum atomic E-state index is 13.6. The summed E-state index contributed by atoms with van der Waals surface area (Å²) >= 11 is 12.1. The van der Waals surface area contributed by atoms with E-state index < -0.39 is 17.8 Å². The van der Waals surface area contributed by atoms with Crippen molar-refractivity contribution in [3.8, 4) is 11.3 Å². The summed E-state index contributed by atoms with van der Waals surface area (Å²) in [6, 6.07) is 4.35. The highest BCUT2D eigenvalue weighted by atomic mass is 35.5. The smallest absolute Gasteiger partial charge is 0.335 e. The molecule has 4 amide bonds. The van der Waals surface area contributed by atoms with Gasteiger partial charge in [-0.2, -0.15) is 18.3 Å². The maximum Gasteiger partial charge on any atom is 0.435 e. The Kier molecular flexibility index (Phi) is 8.85. The van der Waals surface area contributed by atoms with Gasteiger partial charge in [0.25, 0.3) is 11.8 Å². The van der Waals surface area contributed by atoms with E-state index in [1.165, 1.54) is 36.0 Å². The van der Waals surface area contributed by atoms with Gasteiger partial charge in [-0.15, -0.1) is 11.6 Å². The summed E-state index contributed by atoms with van der Waals surface area (Å²) in [5, 5.41) is 12.3. The van der Waals surface area contributed by atoms with E-state index in [-0.39, 0.29) is 63.8 Å². The third kappa shape index (κ3) is 6.58. The Morgan fingerprint density at radius 1 is 1.12 bits per heavy atom. The molecule has 3 aromatic rings. The molecule has 230 valence electrons. The van der Waals surface area contributed by atoms with Crippen LogP contribution in [-0.2, 0) is 19.8 Å². The number of rotatable bonds is 7. The summed E-state index contributed by atoms with van der Waals surface area (Å²) in [6.07, 6.45) is -2.36. The van der Waals surface area contributed by atoms with Crippen LogP contribution >= 0.6 is 23.2 Å². The Morgan fingerprint density at radius 3 is 2.42 bits per heavy atom. The van der Waals surface area contributed by atoms with Gasteiger partial charge in [0.05, 0.1) is 40.6 Å². The molecule has 3 N–H and O–H groups in total. The van der Waals surface area contributed by atoms with Gasteiger partial charge in [-0.05, 0) is 18.2 Å². The number of piperazine rings is 1. The Morgan fingerprint density at radius 2 is 1.81 bits per heavy atom. The molecule has 4 heterocycles. The minimum atomic E-state index is -4.73. The predicted molar refractivity (Wildman–Crippen MR) is 152 cm³/mol. The van der Waals surface area contributed by atoms with Gasteiger partial charge < -0.3 is 30.3 Å². The van der Waals surface area contributed by atoms with Crippen molar-refractivity contribution < 1.29 is 27.6 Å². The molecule has 0 bridgehead atoms. The number of amides is 4. The topological polar surface area (TPSA) is 129 Å². The molecule has 2 aromatic heterocycles. The highest BCUT2D eigenvalue weighted by Crippen LogP contribution is 2.36. The lowest BCUT2D eigenvalue weighted by atomic mass is 10.1. The Bertz CT molecular complexity index is 1530. The number of carbonyl (C=O) groups excluding carboxylic acids is 3. The largest absolute Gasteiger partial charge is 0.435 e. The summed E-state index contributed by atoms with van der Waals surface area (Å²) in [5.74, 6) is -1.09. The number of alkyl halides is 4. The van der Waals surface area contributed by atoms with Crippen molar-refractivity contribution in [3.63, 3.8) is 0 Å². The second-order valence-electron chi connectivity index (χ2n) is 10.1. The van der Waals surface area contributed by atoms with Gasteiger partial charge in [-0.3, -0.25) is 14.3 Å². The van der Waals surface area contributed by atoms with Crippen LogP contribution in [0, 0.1) is 0 Å². The molecule has 12 nitrogen and oxygen atoms in total. The van der Waals surface area contributed by atoms with Crippen LogP contribution < -0.4 is 16.0 Å². The lowest BCUT2D eigenvalue weighted by Crippen LogP contribution is -2.61. The standard InChI is InChI=1S/C26H28Cl2F3N9O3/c1-37-20(18-14-40(5-4-27)36-21(18)26(29,30)31)13-33-22(37)23(41)34-15-2-3-17(19(28)10-15)24(42)38-6-8-39(9-7-38)25(43)35-16-11-32-12-16/h2-3,10,13-14,16,32H,4-9,11-12H2,1H3,(H,34,41)(H,35,43). The second-order valence-corrected chi connectivity index (χ2v) is 10.9. The van der Waals surface area contributed by atoms with Crippen LogP contribution in [0.3, 0.4) is 0 Å². The highest BCUT2D eigenvalue weighted by molar-refractivity contribution is 6.34. The number of hydrogen-bond donors (Lipinski definition) is 3. The molecule has 2 saturated heterocycles. The van der Waals surface area contributed by atoms with Crippen molar-refractivity contribution in [2.75, 3.05) is 50.5 Å². The molecule has 0 radical (unpaired) electrons. The predicted octanol–water partition coefficient (Wildman–Crippen LogP) is 2.89. The summed E-state index contributed by atoms with van der Waals surface area (Å²) in [7, 11) is 1.42. The van der Waals surface area contributed by atoms with Gasteiger partial charge in [-0.25, -0.2) is 9.78 Å². The van der Waals surface area contributed by atoms with Crippen LogP contribution in [0.2, 0.25) is 5.02 Å². The molecule has 2 aliphatic heterocycles. The SMILES string of the molecule is Cn1c(-c2cn(CCCl)nc2C(F)(F)F)cnc1C(=O)Nc1ccc(C(=O)N2CCN(C(=O)NC3CNC3)CC2)c(Cl)c1. The van der Waals surface area contributed by atoms with Crippen LogP contribution in [0.25, 0.3) is 11.3 Å². The number of halogens is 5. The maximum absolute atomic E-state index is 13.6. The minimum absolute atomic E-state index is 0.0369. The van der Waals surface area contributed by atoms with Crippen molar-refractivity contribution in [3.05, 3.63) is 52.7 Å². The normalized spacial score (nSPS) is 15.8. The van der Waals surface area contributed by atoms with Crippen LogP contribution in [0.15, 0.2) is 30.6 Å². The van der Waals surface area contributed by atoms with Gasteiger partial charge >= 0.3 is 12.2 Å². The van der Waals surface area contributed by atoms with E-state index in [4.69, 9.17) is 23.2 Å². The first-order valence-corrected chi connectivity index (χ1v) is 14.3. The number of benzene rings is 1. The van der Waals surface area contributed by atoms with Crippen LogP contribution in [0.5, 0.6) is 0 Å². The molecule has 1 aromatic carbocycles. The van der Waals surface area contributed by atoms with E-state index in [2.05, 4.69) is 26.0 Å². The number of hydrogen-bond acceptors (Lipinski definition) is 6. The Balaban J connectivity index is 1.24. The Labute approximate surface area is 254 Å². The number of imidazole rings is 1. The van der Waals surface area contributed by atoms with Gasteiger partial charge in [-0.1, -0.05) is 11.6 Å². The van der Waals surface area contributed by atoms with Gasteiger partial charge in [0.15, 0.2) is 11.5 Å². The fraction of sp³-hybridized carbons (Fsp3) is 0.423. The third-order valence-electron chi connectivity index (χ3n) is 7.23. The highest BCUT2D eigenvalue weighted by Gasteiger charge is 2.38. The fourth-order valence-electron chi connectivity index (χ4n) is 4.78. The van der Waals surface area contributed by atoms with Crippen molar-refractivity contribution in [1.29, 1.82) is 0 Å². The molecule has 5 rings (SSSR count). The monoisotopic (exact) mass is 641 g/mol. The van der Waals surface area contributed by atoms with Crippen molar-refractivity contribution in [1.82, 2.24) is 39.8 Å². The first kappa shape index (κ1) is 30.6. The molecular formula is C26H28Cl2F3N9O3. The van der Waals surface area contributed by atoms with Crippen LogP contribution in [-0.4, -0.2) is 98.2 Å². The summed E-state index contributed by atoms with van der Waals surface area (Å²) in [6.45, 7) is 3.00. The Hall–Kier alpha value is -3.82. The van der Waals surface area contributed by atoms with Gasteiger partial charge in [0.1, 0.15) is 0 Å². The van der Waals surface area contributed by atoms with E-state index in [1.54, 1.807) is 9.80 Å². The number of anilines is 1. The number of nitrogens with one attached hydrogen (secondary N) is 3. The number of urea groups is 1. The zero-order valence-corrected chi connectivity index (χ0v) is 24.4. The van der Waals surface area contributed by atoms with E-state index in [0.29, 0.717) is 26.2 Å². The quantitative estimate of drug-likeness (QED) is 0.340. The number of nitrogens with zero attached hydrogens (tertiary/aromatic N) is 6. The third-order valence-corrected chi connectivity index (χ3v) is 7.71. The van der Waals surface area contributed by atoms with Crippen molar-refractivity contribution in [2.24, 2.45) is 7.05 Å². The summed E-state index contributed by atoms with van der Waals surface area (Å²) in [5.41, 5.74) is -0.833. The molecular weight excluding hydrogens is 614 g/mol. The lowest BCUT2D eigenvalue weighted by Gasteiger charge is -2.37. The second kappa shape index (κ2) is 12.4. The van der Waals surface area contributed by atoms with E-state index >= 15 is 0 Å². The molecule has 0 spiro atoms. The molecule has 17 heteroatoms. The number of aryl methyl sites for hydroxylation is 1. The van der Waals surface area contributed by atoms with E-state index in [9.17, 15) is 27.6 Å². The average molecular weight is 642 g/mol. The molecule has 0 saturated carbocycles. The lowest BCUT2D eigenvalue weighted by molar-refractivity contribution is -0.141. The number of aromatic nitrogens is 4. The summed E-state index contributed by atoms with van der Waals surface area (Å²) in [4.78, 5) is 45.8. The van der Waals surface area contributed by atoms with Crippen molar-refractivity contribution in [2.45, 2.75) is 18.8 Å². The molecule has 2 aliphatic rings. The number of carbonyl (C=O) groups is 3. The van der Waals surface area contributed by atoms with Gasteiger partial charge in [0.2, 0.25) is 0 Å². The minimum Gasteiger partial charge on any atom is -0.335 e. The van der Waals surface area contributed by atoms with Gasteiger partial charge in [0, 0.05) is 64.1 Å². The molecule has 0 unspecified atom stereocenters. The fourth-order valence-corrected chi connectivity index (χ4v) is 5.22. The van der Waals surface area contributed by atoms with Crippen molar-refractivity contribution >= 4 is 46.7 Å². The molecule has 0 atom stereocenters. The van der Waals surface area contributed by atoms with Crippen LogP contribution in [0.1, 0.15) is 26.7 Å². The average Bonchev–Trinajstić information content (AvgIpc) is 3.54. The van der Waals surface area contributed by atoms with Crippen LogP contribution in [0.4, 0.5) is 23.7 Å². The van der Waals surface area contributed by atoms with E-state index in [0.717, 1.165) is 24.0 Å². The summed E-state index contributed by atoms with van der Waals surface area (Å²) < 4.78 is 43.3. The molecule has 43 heavy (non-hydrogen) atoms. The zero-order chi connectivity index (χ0) is 30.9. The zero-order valence-electron chi connectivity index (χ0n) is 22.9. The molecule has 0 aliphatic carbocycles. The molecule has 2 fully saturated rings. The van der Waals surface area contributed by atoms with E-state index in [1.807, 2.05) is 0 Å². The first-order valence-electron chi connectivity index (χ1n) is 13.3. The first-order chi connectivity index (χ1) is 20.5.